The lowest BCUT2D eigenvalue weighted by Gasteiger charge is -2.08. The van der Waals surface area contributed by atoms with E-state index in [0.29, 0.717) is 0 Å². The molecule has 0 bridgehead atoms. The Kier molecular flexibility index (Phi) is 0.817. The molecule has 1 rings (SSSR count). The van der Waals surface area contributed by atoms with Gasteiger partial charge < -0.3 is 10.3 Å². The van der Waals surface area contributed by atoms with Crippen molar-refractivity contribution in [3.63, 3.8) is 0 Å². The standard InChI is InChI=1S/C8H12NOP/c1-11(2,10)8-6-4-3-5-7(8)9/h3-6H,9H2,1-2H3/i1D3,2D3. The third-order valence-corrected chi connectivity index (χ3v) is 2.36. The maximum Gasteiger partial charge on any atom is 0.111 e. The highest BCUT2D eigenvalue weighted by Crippen LogP contribution is 2.36. The molecule has 1 aromatic carbocycles. The van der Waals surface area contributed by atoms with E-state index in [1.165, 1.54) is 24.3 Å². The first-order chi connectivity index (χ1) is 7.52. The van der Waals surface area contributed by atoms with Gasteiger partial charge in [-0.2, -0.15) is 0 Å². The molecular weight excluding hydrogens is 157 g/mol. The van der Waals surface area contributed by atoms with Gasteiger partial charge in [0.1, 0.15) is 7.14 Å². The molecule has 0 aliphatic heterocycles. The predicted octanol–water partition coefficient (Wildman–Crippen LogP) is 1.52. The monoisotopic (exact) mass is 175 g/mol. The third kappa shape index (κ3) is 1.84. The molecule has 0 fully saturated rings. The van der Waals surface area contributed by atoms with E-state index in [9.17, 15) is 4.57 Å². The van der Waals surface area contributed by atoms with Crippen LogP contribution in [-0.2, 0) is 4.57 Å². The first kappa shape index (κ1) is 3.32. The van der Waals surface area contributed by atoms with Crippen molar-refractivity contribution in [1.29, 1.82) is 0 Å². The van der Waals surface area contributed by atoms with Gasteiger partial charge in [0.25, 0.3) is 0 Å². The Morgan fingerprint density at radius 2 is 2.09 bits per heavy atom. The molecule has 0 aromatic heterocycles. The molecule has 0 aliphatic rings. The lowest BCUT2D eigenvalue weighted by Crippen LogP contribution is -2.08. The number of para-hydroxylation sites is 1. The molecule has 0 saturated carbocycles. The van der Waals surface area contributed by atoms with Crippen LogP contribution in [0.5, 0.6) is 0 Å². The molecule has 0 heterocycles. The maximum atomic E-state index is 12.5. The minimum Gasteiger partial charge on any atom is -0.398 e. The largest absolute Gasteiger partial charge is 0.398 e. The number of hydrogen-bond acceptors (Lipinski definition) is 2. The van der Waals surface area contributed by atoms with E-state index in [0.717, 1.165) is 0 Å². The summed E-state index contributed by atoms with van der Waals surface area (Å²) >= 11 is 0. The van der Waals surface area contributed by atoms with E-state index in [1.807, 2.05) is 0 Å². The fraction of sp³-hybridized carbons (Fsp3) is 0.250. The smallest absolute Gasteiger partial charge is 0.111 e. The van der Waals surface area contributed by atoms with Gasteiger partial charge in [0.05, 0.1) is 0 Å². The fourth-order valence-electron chi connectivity index (χ4n) is 0.774. The van der Waals surface area contributed by atoms with Gasteiger partial charge in [-0.15, -0.1) is 0 Å². The quantitative estimate of drug-likeness (QED) is 0.519. The molecule has 11 heavy (non-hydrogen) atoms. The maximum absolute atomic E-state index is 12.5. The summed E-state index contributed by atoms with van der Waals surface area (Å²) in [4.78, 5) is 0. The second kappa shape index (κ2) is 2.71. The lowest BCUT2D eigenvalue weighted by molar-refractivity contribution is 0.588. The van der Waals surface area contributed by atoms with Gasteiger partial charge in [0, 0.05) is 19.2 Å². The topological polar surface area (TPSA) is 43.1 Å². The molecule has 2 N–H and O–H groups in total. The molecule has 3 heteroatoms. The number of nitrogens with two attached hydrogens (primary N) is 1. The van der Waals surface area contributed by atoms with Crippen LogP contribution in [0.4, 0.5) is 5.69 Å². The predicted molar refractivity (Wildman–Crippen MR) is 49.9 cm³/mol. The van der Waals surface area contributed by atoms with Crippen LogP contribution >= 0.6 is 7.14 Å². The van der Waals surface area contributed by atoms with Gasteiger partial charge in [-0.1, -0.05) is 12.1 Å². The van der Waals surface area contributed by atoms with Crippen molar-refractivity contribution in [1.82, 2.24) is 0 Å². The highest BCUT2D eigenvalue weighted by molar-refractivity contribution is 7.70. The number of rotatable bonds is 1. The second-order valence-electron chi connectivity index (χ2n) is 2.17. The van der Waals surface area contributed by atoms with Crippen LogP contribution in [0.3, 0.4) is 0 Å². The van der Waals surface area contributed by atoms with E-state index in [1.54, 1.807) is 0 Å². The van der Waals surface area contributed by atoms with Crippen molar-refractivity contribution < 1.29 is 12.8 Å². The normalized spacial score (nSPS) is 21.8. The van der Waals surface area contributed by atoms with Crippen LogP contribution in [0, 0.1) is 0 Å². The van der Waals surface area contributed by atoms with Crippen molar-refractivity contribution in [3.05, 3.63) is 24.3 Å². The van der Waals surface area contributed by atoms with Crippen LogP contribution in [-0.4, -0.2) is 13.2 Å². The van der Waals surface area contributed by atoms with E-state index < -0.39 is 20.3 Å². The van der Waals surface area contributed by atoms with E-state index in [2.05, 4.69) is 0 Å². The average Bonchev–Trinajstić information content (AvgIpc) is 2.13. The zero-order chi connectivity index (χ0) is 13.5. The van der Waals surface area contributed by atoms with Crippen LogP contribution in [0.15, 0.2) is 24.3 Å². The van der Waals surface area contributed by atoms with Gasteiger partial charge in [-0.25, -0.2) is 0 Å². The van der Waals surface area contributed by atoms with Gasteiger partial charge in [0.15, 0.2) is 0 Å². The molecule has 0 atom stereocenters. The van der Waals surface area contributed by atoms with Gasteiger partial charge in [-0.05, 0) is 25.3 Å². The Morgan fingerprint density at radius 3 is 2.64 bits per heavy atom. The van der Waals surface area contributed by atoms with Crippen molar-refractivity contribution in [2.45, 2.75) is 0 Å². The molecule has 0 saturated heterocycles. The van der Waals surface area contributed by atoms with Crippen LogP contribution in [0.25, 0.3) is 0 Å². The van der Waals surface area contributed by atoms with Crippen molar-refractivity contribution >= 4 is 18.1 Å². The highest BCUT2D eigenvalue weighted by atomic mass is 31.2. The highest BCUT2D eigenvalue weighted by Gasteiger charge is 2.12. The lowest BCUT2D eigenvalue weighted by atomic mass is 10.3. The summed E-state index contributed by atoms with van der Waals surface area (Å²) in [5, 5.41) is -0.306. The van der Waals surface area contributed by atoms with Crippen LogP contribution in [0.1, 0.15) is 8.22 Å². The van der Waals surface area contributed by atoms with Gasteiger partial charge in [-0.3, -0.25) is 0 Å². The number of anilines is 1. The zero-order valence-electron chi connectivity index (χ0n) is 11.7. The summed E-state index contributed by atoms with van der Waals surface area (Å²) in [7, 11) is -4.60. The SMILES string of the molecule is [2H]C([2H])([2H])P(=O)(c1ccccc1N)C([2H])([2H])[2H]. The Bertz CT molecular complexity index is 448. The fourth-order valence-corrected chi connectivity index (χ4v) is 1.51. The van der Waals surface area contributed by atoms with Crippen LogP contribution < -0.4 is 11.0 Å². The van der Waals surface area contributed by atoms with E-state index in [-0.39, 0.29) is 11.0 Å². The summed E-state index contributed by atoms with van der Waals surface area (Å²) in [6.45, 7) is -6.21. The average molecular weight is 175 g/mol. The third-order valence-electron chi connectivity index (χ3n) is 1.28. The van der Waals surface area contributed by atoms with Crippen molar-refractivity contribution in [2.75, 3.05) is 18.9 Å². The number of nitrogen functional groups attached to an aromatic ring is 1. The van der Waals surface area contributed by atoms with Crippen molar-refractivity contribution in [2.24, 2.45) is 0 Å². The summed E-state index contributed by atoms with van der Waals surface area (Å²) in [6.07, 6.45) is 0. The number of hydrogen-bond donors (Lipinski definition) is 1. The Morgan fingerprint density at radius 1 is 1.45 bits per heavy atom. The Balaban J connectivity index is 3.59. The first-order valence-electron chi connectivity index (χ1n) is 5.97. The molecule has 0 unspecified atom stereocenters. The Labute approximate surface area is 75.2 Å². The number of benzene rings is 1. The van der Waals surface area contributed by atoms with Crippen LogP contribution in [0.2, 0.25) is 0 Å². The van der Waals surface area contributed by atoms with E-state index in [4.69, 9.17) is 14.0 Å². The zero-order valence-corrected chi connectivity index (χ0v) is 6.64. The summed E-state index contributed by atoms with van der Waals surface area (Å²) < 4.78 is 55.9. The molecule has 1 aromatic rings. The molecule has 0 aliphatic carbocycles. The second-order valence-corrected chi connectivity index (χ2v) is 3.87. The molecule has 0 spiro atoms. The van der Waals surface area contributed by atoms with Gasteiger partial charge in [0.2, 0.25) is 0 Å². The summed E-state index contributed by atoms with van der Waals surface area (Å²) in [6, 6.07) is 5.45. The Hall–Kier alpha value is -0.750. The minimum absolute atomic E-state index is 0.0805. The molecule has 0 radical (unpaired) electrons. The van der Waals surface area contributed by atoms with Gasteiger partial charge >= 0.3 is 0 Å². The first-order valence-corrected chi connectivity index (χ1v) is 4.68. The minimum atomic E-state index is -4.60. The van der Waals surface area contributed by atoms with E-state index >= 15 is 0 Å². The summed E-state index contributed by atoms with van der Waals surface area (Å²) in [5.74, 6) is 0. The molecular formula is C8H12NOP. The summed E-state index contributed by atoms with van der Waals surface area (Å²) in [5.41, 5.74) is 5.45. The molecule has 60 valence electrons. The molecule has 2 nitrogen and oxygen atoms in total. The molecule has 0 amide bonds. The van der Waals surface area contributed by atoms with Crippen molar-refractivity contribution in [3.8, 4) is 0 Å².